The molecule has 2 rings (SSSR count). The van der Waals surface area contributed by atoms with Gasteiger partial charge in [-0.1, -0.05) is 19.8 Å². The highest BCUT2D eigenvalue weighted by Gasteiger charge is 2.18. The zero-order chi connectivity index (χ0) is 13.8. The third-order valence-corrected chi connectivity index (χ3v) is 4.54. The van der Waals surface area contributed by atoms with Crippen molar-refractivity contribution in [3.63, 3.8) is 0 Å². The Morgan fingerprint density at radius 1 is 1.37 bits per heavy atom. The highest BCUT2D eigenvalue weighted by molar-refractivity contribution is 9.10. The van der Waals surface area contributed by atoms with Gasteiger partial charge in [0.15, 0.2) is 0 Å². The molecule has 4 nitrogen and oxygen atoms in total. The van der Waals surface area contributed by atoms with Crippen LogP contribution in [-0.2, 0) is 0 Å². The molecule has 0 aliphatic heterocycles. The molecule has 0 saturated heterocycles. The van der Waals surface area contributed by atoms with E-state index in [1.807, 2.05) is 0 Å². The number of hydrogen-bond acceptors (Lipinski definition) is 3. The van der Waals surface area contributed by atoms with Crippen molar-refractivity contribution in [1.82, 2.24) is 0 Å². The summed E-state index contributed by atoms with van der Waals surface area (Å²) in [6.07, 6.45) is 5.18. The van der Waals surface area contributed by atoms with Gasteiger partial charge in [-0.15, -0.1) is 0 Å². The topological polar surface area (TPSA) is 55.2 Å². The average Bonchev–Trinajstić information content (AvgIpc) is 2.39. The normalized spacial score (nSPS) is 23.1. The molecule has 5 heteroatoms. The molecule has 1 aliphatic rings. The molecular weight excluding hydrogens is 308 g/mol. The Labute approximate surface area is 121 Å². The van der Waals surface area contributed by atoms with Crippen molar-refractivity contribution in [2.24, 2.45) is 11.8 Å². The zero-order valence-electron chi connectivity index (χ0n) is 11.1. The second-order valence-electron chi connectivity index (χ2n) is 5.43. The van der Waals surface area contributed by atoms with E-state index in [9.17, 15) is 10.1 Å². The third-order valence-electron chi connectivity index (χ3n) is 3.88. The van der Waals surface area contributed by atoms with Crippen LogP contribution in [0, 0.1) is 22.0 Å². The van der Waals surface area contributed by atoms with Gasteiger partial charge in [-0.05, 0) is 46.7 Å². The summed E-state index contributed by atoms with van der Waals surface area (Å²) in [7, 11) is 0. The monoisotopic (exact) mass is 326 g/mol. The van der Waals surface area contributed by atoms with Crippen LogP contribution in [0.4, 0.5) is 11.4 Å². The summed E-state index contributed by atoms with van der Waals surface area (Å²) in [4.78, 5) is 10.3. The Balaban J connectivity index is 1.91. The predicted molar refractivity (Wildman–Crippen MR) is 80.4 cm³/mol. The lowest BCUT2D eigenvalue weighted by Gasteiger charge is -2.26. The van der Waals surface area contributed by atoms with E-state index in [-0.39, 0.29) is 10.6 Å². The molecular formula is C14H19BrN2O2. The van der Waals surface area contributed by atoms with Crippen LogP contribution in [0.25, 0.3) is 0 Å². The Bertz CT molecular complexity index is 457. The molecule has 1 aromatic carbocycles. The van der Waals surface area contributed by atoms with Crippen LogP contribution in [-0.4, -0.2) is 11.5 Å². The Kier molecular flexibility index (Phi) is 4.80. The van der Waals surface area contributed by atoms with Crippen LogP contribution < -0.4 is 5.32 Å². The molecule has 0 bridgehead atoms. The maximum absolute atomic E-state index is 10.7. The van der Waals surface area contributed by atoms with Gasteiger partial charge in [0.05, 0.1) is 4.92 Å². The first-order valence-electron chi connectivity index (χ1n) is 6.74. The van der Waals surface area contributed by atoms with E-state index in [2.05, 4.69) is 28.2 Å². The predicted octanol–water partition coefficient (Wildman–Crippen LogP) is 4.60. The third kappa shape index (κ3) is 3.93. The molecule has 104 valence electrons. The minimum Gasteiger partial charge on any atom is -0.384 e. The van der Waals surface area contributed by atoms with Crippen molar-refractivity contribution < 1.29 is 4.92 Å². The SMILES string of the molecule is CC1CCC(CNc2ccc([N+](=O)[O-])cc2Br)CC1. The van der Waals surface area contributed by atoms with E-state index in [1.54, 1.807) is 12.1 Å². The number of nitrogens with zero attached hydrogens (tertiary/aromatic N) is 1. The molecule has 1 N–H and O–H groups in total. The first kappa shape index (κ1) is 14.3. The van der Waals surface area contributed by atoms with E-state index >= 15 is 0 Å². The van der Waals surface area contributed by atoms with E-state index in [4.69, 9.17) is 0 Å². The van der Waals surface area contributed by atoms with Gasteiger partial charge in [0.1, 0.15) is 0 Å². The summed E-state index contributed by atoms with van der Waals surface area (Å²) < 4.78 is 0.755. The van der Waals surface area contributed by atoms with Crippen LogP contribution in [0.15, 0.2) is 22.7 Å². The van der Waals surface area contributed by atoms with E-state index in [0.717, 1.165) is 28.5 Å². The highest BCUT2D eigenvalue weighted by atomic mass is 79.9. The van der Waals surface area contributed by atoms with Crippen molar-refractivity contribution in [1.29, 1.82) is 0 Å². The summed E-state index contributed by atoms with van der Waals surface area (Å²) >= 11 is 3.38. The lowest BCUT2D eigenvalue weighted by molar-refractivity contribution is -0.384. The molecule has 0 aromatic heterocycles. The van der Waals surface area contributed by atoms with Crippen LogP contribution >= 0.6 is 15.9 Å². The smallest absolute Gasteiger partial charge is 0.270 e. The van der Waals surface area contributed by atoms with Gasteiger partial charge in [-0.25, -0.2) is 0 Å². The lowest BCUT2D eigenvalue weighted by atomic mass is 9.83. The van der Waals surface area contributed by atoms with Crippen LogP contribution in [0.3, 0.4) is 0 Å². The van der Waals surface area contributed by atoms with Crippen molar-refractivity contribution in [2.45, 2.75) is 32.6 Å². The fourth-order valence-electron chi connectivity index (χ4n) is 2.55. The molecule has 1 fully saturated rings. The molecule has 0 atom stereocenters. The maximum Gasteiger partial charge on any atom is 0.270 e. The molecule has 0 unspecified atom stereocenters. The quantitative estimate of drug-likeness (QED) is 0.650. The summed E-state index contributed by atoms with van der Waals surface area (Å²) in [5, 5.41) is 14.1. The summed E-state index contributed by atoms with van der Waals surface area (Å²) in [5.41, 5.74) is 1.05. The first-order chi connectivity index (χ1) is 9.06. The van der Waals surface area contributed by atoms with Gasteiger partial charge >= 0.3 is 0 Å². The number of nitro benzene ring substituents is 1. The van der Waals surface area contributed by atoms with Crippen LogP contribution in [0.2, 0.25) is 0 Å². The number of anilines is 1. The number of halogens is 1. The average molecular weight is 327 g/mol. The Morgan fingerprint density at radius 3 is 2.63 bits per heavy atom. The molecule has 1 aromatic rings. The molecule has 1 saturated carbocycles. The van der Waals surface area contributed by atoms with E-state index < -0.39 is 0 Å². The number of nitrogens with one attached hydrogen (secondary N) is 1. The van der Waals surface area contributed by atoms with E-state index in [0.29, 0.717) is 0 Å². The second-order valence-corrected chi connectivity index (χ2v) is 6.28. The van der Waals surface area contributed by atoms with Crippen LogP contribution in [0.5, 0.6) is 0 Å². The number of benzene rings is 1. The summed E-state index contributed by atoms with van der Waals surface area (Å²) in [6, 6.07) is 4.86. The molecule has 0 radical (unpaired) electrons. The molecule has 0 heterocycles. The number of nitro groups is 1. The van der Waals surface area contributed by atoms with Crippen molar-refractivity contribution in [2.75, 3.05) is 11.9 Å². The molecule has 0 spiro atoms. The largest absolute Gasteiger partial charge is 0.384 e. The Morgan fingerprint density at radius 2 is 2.05 bits per heavy atom. The molecule has 1 aliphatic carbocycles. The second kappa shape index (κ2) is 6.37. The van der Waals surface area contributed by atoms with Gasteiger partial charge in [0.25, 0.3) is 5.69 Å². The summed E-state index contributed by atoms with van der Waals surface area (Å²) in [6.45, 7) is 3.26. The standard InChI is InChI=1S/C14H19BrN2O2/c1-10-2-4-11(5-3-10)9-16-14-7-6-12(17(18)19)8-13(14)15/h6-8,10-11,16H,2-5,9H2,1H3. The maximum atomic E-state index is 10.7. The van der Waals surface area contributed by atoms with Gasteiger partial charge in [0, 0.05) is 28.8 Å². The van der Waals surface area contributed by atoms with E-state index in [1.165, 1.54) is 31.7 Å². The van der Waals surface area contributed by atoms with Crippen molar-refractivity contribution in [3.8, 4) is 0 Å². The zero-order valence-corrected chi connectivity index (χ0v) is 12.6. The number of hydrogen-bond donors (Lipinski definition) is 1. The van der Waals surface area contributed by atoms with Gasteiger partial charge in [-0.2, -0.15) is 0 Å². The minimum atomic E-state index is -0.378. The molecule has 0 amide bonds. The number of non-ortho nitro benzene ring substituents is 1. The number of rotatable bonds is 4. The van der Waals surface area contributed by atoms with Gasteiger partial charge in [-0.3, -0.25) is 10.1 Å². The molecule has 19 heavy (non-hydrogen) atoms. The lowest BCUT2D eigenvalue weighted by Crippen LogP contribution is -2.20. The summed E-state index contributed by atoms with van der Waals surface area (Å²) in [5.74, 6) is 1.58. The fourth-order valence-corrected chi connectivity index (χ4v) is 3.06. The first-order valence-corrected chi connectivity index (χ1v) is 7.53. The van der Waals surface area contributed by atoms with Gasteiger partial charge in [0.2, 0.25) is 0 Å². The van der Waals surface area contributed by atoms with Crippen LogP contribution in [0.1, 0.15) is 32.6 Å². The van der Waals surface area contributed by atoms with Crippen molar-refractivity contribution >= 4 is 27.3 Å². The Hall–Kier alpha value is -1.10. The minimum absolute atomic E-state index is 0.115. The van der Waals surface area contributed by atoms with Gasteiger partial charge < -0.3 is 5.32 Å². The fraction of sp³-hybridized carbons (Fsp3) is 0.571. The highest BCUT2D eigenvalue weighted by Crippen LogP contribution is 2.30. The van der Waals surface area contributed by atoms with Crippen molar-refractivity contribution in [3.05, 3.63) is 32.8 Å².